The average molecular weight is 411 g/mol. The Morgan fingerprint density at radius 3 is 1.86 bits per heavy atom. The zero-order valence-corrected chi connectivity index (χ0v) is 19.4. The zero-order valence-electron chi connectivity index (χ0n) is 19.4. The van der Waals surface area contributed by atoms with Gasteiger partial charge in [-0.15, -0.1) is 0 Å². The van der Waals surface area contributed by atoms with E-state index in [-0.39, 0.29) is 12.0 Å². The molecule has 0 aromatic heterocycles. The Bertz CT molecular complexity index is 545. The van der Waals surface area contributed by atoms with Gasteiger partial charge in [0, 0.05) is 18.3 Å². The van der Waals surface area contributed by atoms with Crippen LogP contribution in [0.15, 0.2) is 11.5 Å². The minimum Gasteiger partial charge on any atom is -0.480 e. The molecule has 0 saturated carbocycles. The van der Waals surface area contributed by atoms with Gasteiger partial charge in [-0.1, -0.05) is 86.5 Å². The molecule has 0 aromatic rings. The molecule has 0 fully saturated rings. The Labute approximate surface area is 177 Å². The molecule has 29 heavy (non-hydrogen) atoms. The van der Waals surface area contributed by atoms with Crippen LogP contribution >= 0.6 is 0 Å². The number of rotatable bonds is 16. The first-order valence-electron chi connectivity index (χ1n) is 11.3. The smallest absolute Gasteiger partial charge is 0.313 e. The number of aliphatic hydroxyl groups excluding tert-OH is 1. The Morgan fingerprint density at radius 1 is 0.793 bits per heavy atom. The highest BCUT2D eigenvalue weighted by molar-refractivity contribution is 6.21. The second-order valence-electron chi connectivity index (χ2n) is 8.78. The number of allylic oxidation sites excluding steroid dienone is 1. The molecule has 0 aliphatic heterocycles. The lowest BCUT2D eigenvalue weighted by Gasteiger charge is -2.16. The van der Waals surface area contributed by atoms with Gasteiger partial charge in [-0.05, 0) is 18.8 Å². The van der Waals surface area contributed by atoms with Crippen LogP contribution in [0, 0.1) is 17.8 Å². The van der Waals surface area contributed by atoms with Gasteiger partial charge in [-0.2, -0.15) is 0 Å². The Hall–Kier alpha value is -1.65. The topological polar surface area (TPSA) is 80.7 Å². The van der Waals surface area contributed by atoms with Gasteiger partial charge in [0.05, 0.1) is 0 Å². The lowest BCUT2D eigenvalue weighted by Crippen LogP contribution is -2.26. The molecule has 5 heteroatoms. The minimum absolute atomic E-state index is 0.165. The number of unbranched alkanes of at least 4 members (excludes halogenated alkanes) is 6. The molecule has 1 atom stereocenters. The van der Waals surface area contributed by atoms with Crippen LogP contribution in [0.25, 0.3) is 0 Å². The van der Waals surface area contributed by atoms with E-state index in [2.05, 4.69) is 20.8 Å². The summed E-state index contributed by atoms with van der Waals surface area (Å²) < 4.78 is 4.98. The minimum atomic E-state index is -0.835. The first kappa shape index (κ1) is 27.4. The van der Waals surface area contributed by atoms with Crippen molar-refractivity contribution in [1.29, 1.82) is 0 Å². The summed E-state index contributed by atoms with van der Waals surface area (Å²) in [6, 6.07) is 0. The van der Waals surface area contributed by atoms with Crippen LogP contribution in [-0.2, 0) is 19.1 Å². The van der Waals surface area contributed by atoms with Crippen molar-refractivity contribution in [3.05, 3.63) is 11.5 Å². The van der Waals surface area contributed by atoms with Gasteiger partial charge in [-0.25, -0.2) is 0 Å². The summed E-state index contributed by atoms with van der Waals surface area (Å²) in [7, 11) is 0. The third kappa shape index (κ3) is 11.8. The number of carbonyl (C=O) groups is 3. The van der Waals surface area contributed by atoms with Crippen molar-refractivity contribution in [1.82, 2.24) is 0 Å². The summed E-state index contributed by atoms with van der Waals surface area (Å²) in [6.45, 7) is 11.4. The maximum atomic E-state index is 12.8. The van der Waals surface area contributed by atoms with E-state index >= 15 is 0 Å². The van der Waals surface area contributed by atoms with Crippen molar-refractivity contribution in [2.24, 2.45) is 17.8 Å². The van der Waals surface area contributed by atoms with Gasteiger partial charge in [0.15, 0.2) is 11.6 Å². The summed E-state index contributed by atoms with van der Waals surface area (Å²) in [6.07, 6.45) is 9.08. The van der Waals surface area contributed by atoms with E-state index in [0.717, 1.165) is 25.7 Å². The Morgan fingerprint density at radius 2 is 1.34 bits per heavy atom. The second kappa shape index (κ2) is 15.2. The van der Waals surface area contributed by atoms with Crippen LogP contribution in [0.5, 0.6) is 0 Å². The zero-order chi connectivity index (χ0) is 22.4. The summed E-state index contributed by atoms with van der Waals surface area (Å²) in [4.78, 5) is 37.3. The van der Waals surface area contributed by atoms with E-state index in [4.69, 9.17) is 4.74 Å². The van der Waals surface area contributed by atoms with Crippen LogP contribution in [0.2, 0.25) is 0 Å². The molecule has 0 radical (unpaired) electrons. The molecule has 0 heterocycles. The highest BCUT2D eigenvalue weighted by Crippen LogP contribution is 2.21. The van der Waals surface area contributed by atoms with Crippen LogP contribution in [0.4, 0.5) is 0 Å². The van der Waals surface area contributed by atoms with Crippen molar-refractivity contribution < 1.29 is 24.2 Å². The van der Waals surface area contributed by atoms with Gasteiger partial charge >= 0.3 is 5.97 Å². The largest absolute Gasteiger partial charge is 0.480 e. The quantitative estimate of drug-likeness (QED) is 0.0805. The molecular formula is C24H42O5. The SMILES string of the molecule is CCCCCCCCCC(=O)O/C(O)=C(/C(=O)C(C)C)C(=O)C(C)CCC(C)C. The molecule has 0 aromatic carbocycles. The van der Waals surface area contributed by atoms with E-state index in [1.165, 1.54) is 19.3 Å². The van der Waals surface area contributed by atoms with Gasteiger partial charge in [0.1, 0.15) is 5.57 Å². The monoisotopic (exact) mass is 410 g/mol. The number of hydrogen-bond donors (Lipinski definition) is 1. The van der Waals surface area contributed by atoms with Crippen LogP contribution in [0.3, 0.4) is 0 Å². The molecule has 5 nitrogen and oxygen atoms in total. The van der Waals surface area contributed by atoms with E-state index in [9.17, 15) is 19.5 Å². The Kier molecular flexibility index (Phi) is 14.4. The number of aliphatic hydroxyl groups is 1. The third-order valence-corrected chi connectivity index (χ3v) is 5.05. The number of carbonyl (C=O) groups excluding carboxylic acids is 3. The number of esters is 1. The summed E-state index contributed by atoms with van der Waals surface area (Å²) in [5.74, 6) is -2.84. The highest BCUT2D eigenvalue weighted by atomic mass is 16.6. The fraction of sp³-hybridized carbons (Fsp3) is 0.792. The molecule has 0 aliphatic rings. The van der Waals surface area contributed by atoms with E-state index in [0.29, 0.717) is 18.8 Å². The van der Waals surface area contributed by atoms with Gasteiger partial charge in [0.2, 0.25) is 0 Å². The normalized spacial score (nSPS) is 13.4. The number of ketones is 2. The van der Waals surface area contributed by atoms with Gasteiger partial charge in [-0.3, -0.25) is 14.4 Å². The standard InChI is InChI=1S/C24H42O5/c1-7-8-9-10-11-12-13-14-20(25)29-24(28)21(22(26)18(4)5)23(27)19(6)16-15-17(2)3/h17-19,28H,7-16H2,1-6H3/b24-21-. The average Bonchev–Trinajstić information content (AvgIpc) is 2.65. The predicted octanol–water partition coefficient (Wildman–Crippen LogP) is 6.31. The van der Waals surface area contributed by atoms with E-state index in [1.54, 1.807) is 20.8 Å². The van der Waals surface area contributed by atoms with Gasteiger partial charge < -0.3 is 9.84 Å². The van der Waals surface area contributed by atoms with Crippen molar-refractivity contribution in [2.45, 2.75) is 106 Å². The first-order chi connectivity index (χ1) is 13.6. The van der Waals surface area contributed by atoms with E-state index in [1.807, 2.05) is 0 Å². The molecular weight excluding hydrogens is 368 g/mol. The van der Waals surface area contributed by atoms with E-state index < -0.39 is 35.3 Å². The van der Waals surface area contributed by atoms with Crippen LogP contribution in [-0.4, -0.2) is 22.6 Å². The molecule has 0 saturated heterocycles. The summed E-state index contributed by atoms with van der Waals surface area (Å²) >= 11 is 0. The fourth-order valence-electron chi connectivity index (χ4n) is 3.02. The maximum Gasteiger partial charge on any atom is 0.313 e. The third-order valence-electron chi connectivity index (χ3n) is 5.05. The van der Waals surface area contributed by atoms with Crippen molar-refractivity contribution in [3.63, 3.8) is 0 Å². The number of ether oxygens (including phenoxy) is 1. The van der Waals surface area contributed by atoms with Crippen molar-refractivity contribution in [3.8, 4) is 0 Å². The molecule has 0 amide bonds. The molecule has 0 spiro atoms. The molecule has 0 aliphatic carbocycles. The highest BCUT2D eigenvalue weighted by Gasteiger charge is 2.31. The molecule has 0 bridgehead atoms. The predicted molar refractivity (Wildman–Crippen MR) is 116 cm³/mol. The number of hydrogen-bond acceptors (Lipinski definition) is 5. The number of Topliss-reactive ketones (excluding diaryl/α,β-unsaturated/α-hetero) is 2. The Balaban J connectivity index is 4.90. The lowest BCUT2D eigenvalue weighted by atomic mass is 9.88. The molecule has 168 valence electrons. The van der Waals surface area contributed by atoms with Crippen LogP contribution < -0.4 is 0 Å². The first-order valence-corrected chi connectivity index (χ1v) is 11.3. The van der Waals surface area contributed by atoms with Crippen molar-refractivity contribution >= 4 is 17.5 Å². The fourth-order valence-corrected chi connectivity index (χ4v) is 3.02. The molecule has 1 unspecified atom stereocenters. The summed E-state index contributed by atoms with van der Waals surface area (Å²) in [5, 5.41) is 10.3. The second-order valence-corrected chi connectivity index (χ2v) is 8.78. The maximum absolute atomic E-state index is 12.8. The molecule has 0 rings (SSSR count). The van der Waals surface area contributed by atoms with Gasteiger partial charge in [0.25, 0.3) is 5.95 Å². The summed E-state index contributed by atoms with van der Waals surface area (Å²) in [5.41, 5.74) is -0.371. The van der Waals surface area contributed by atoms with Crippen LogP contribution in [0.1, 0.15) is 106 Å². The van der Waals surface area contributed by atoms with Crippen molar-refractivity contribution in [2.75, 3.05) is 0 Å². The lowest BCUT2D eigenvalue weighted by molar-refractivity contribution is -0.144. The molecule has 1 N–H and O–H groups in total.